The number of sulfonamides is 1. The van der Waals surface area contributed by atoms with Crippen LogP contribution in [-0.2, 0) is 14.8 Å². The number of methoxy groups -OCH3 is 1. The lowest BCUT2D eigenvalue weighted by molar-refractivity contribution is -0.119. The second kappa shape index (κ2) is 9.27. The van der Waals surface area contributed by atoms with Crippen LogP contribution in [0.4, 0.5) is 11.4 Å². The van der Waals surface area contributed by atoms with E-state index in [1.54, 1.807) is 24.3 Å². The molecule has 0 unspecified atom stereocenters. The number of ether oxygens (including phenoxy) is 1. The van der Waals surface area contributed by atoms with Crippen molar-refractivity contribution < 1.29 is 17.9 Å². The zero-order valence-electron chi connectivity index (χ0n) is 15.8. The lowest BCUT2D eigenvalue weighted by Gasteiger charge is -2.23. The Morgan fingerprint density at radius 1 is 1.04 bits per heavy atom. The molecule has 1 amide bonds. The van der Waals surface area contributed by atoms with Crippen LogP contribution in [0.3, 0.4) is 0 Å². The molecule has 0 radical (unpaired) electrons. The summed E-state index contributed by atoms with van der Waals surface area (Å²) >= 11 is 0. The standard InChI is InChI=1S/C19H25N3O4S/c1-21(16-7-5-4-6-8-16)14-13-20-19(23)15-22(27(3,24)25)17-9-11-18(26-2)12-10-17/h4-12H,13-15H2,1-3H3,(H,20,23). The third kappa shape index (κ3) is 6.18. The van der Waals surface area contributed by atoms with Crippen molar-refractivity contribution in [3.63, 3.8) is 0 Å². The van der Waals surface area contributed by atoms with Gasteiger partial charge < -0.3 is 15.0 Å². The number of carbonyl (C=O) groups excluding carboxylic acids is 1. The third-order valence-electron chi connectivity index (χ3n) is 4.01. The summed E-state index contributed by atoms with van der Waals surface area (Å²) in [5, 5.41) is 2.77. The summed E-state index contributed by atoms with van der Waals surface area (Å²) in [6.07, 6.45) is 1.08. The van der Waals surface area contributed by atoms with Crippen molar-refractivity contribution in [1.29, 1.82) is 0 Å². The normalized spacial score (nSPS) is 10.9. The number of hydrogen-bond donors (Lipinski definition) is 1. The van der Waals surface area contributed by atoms with Gasteiger partial charge in [0.05, 0.1) is 19.1 Å². The first-order chi connectivity index (χ1) is 12.8. The molecule has 0 aliphatic rings. The van der Waals surface area contributed by atoms with E-state index in [4.69, 9.17) is 4.74 Å². The van der Waals surface area contributed by atoms with Crippen molar-refractivity contribution in [1.82, 2.24) is 5.32 Å². The van der Waals surface area contributed by atoms with Crippen molar-refractivity contribution in [2.75, 3.05) is 49.3 Å². The minimum Gasteiger partial charge on any atom is -0.497 e. The number of carbonyl (C=O) groups is 1. The Kier molecular flexibility index (Phi) is 7.06. The number of benzene rings is 2. The molecule has 0 bridgehead atoms. The minimum atomic E-state index is -3.60. The van der Waals surface area contributed by atoms with Crippen molar-refractivity contribution >= 4 is 27.3 Å². The highest BCUT2D eigenvalue weighted by atomic mass is 32.2. The van der Waals surface area contributed by atoms with Crippen LogP contribution in [0.1, 0.15) is 0 Å². The molecular weight excluding hydrogens is 366 g/mol. The molecule has 0 aromatic heterocycles. The van der Waals surface area contributed by atoms with Crippen LogP contribution in [0.2, 0.25) is 0 Å². The number of nitrogens with one attached hydrogen (secondary N) is 1. The fraction of sp³-hybridized carbons (Fsp3) is 0.316. The molecule has 2 aromatic carbocycles. The van der Waals surface area contributed by atoms with E-state index in [0.717, 1.165) is 16.2 Å². The second-order valence-corrected chi connectivity index (χ2v) is 7.98. The van der Waals surface area contributed by atoms with Gasteiger partial charge in [-0.15, -0.1) is 0 Å². The van der Waals surface area contributed by atoms with Crippen molar-refractivity contribution in [2.24, 2.45) is 0 Å². The summed E-state index contributed by atoms with van der Waals surface area (Å²) in [6, 6.07) is 16.3. The van der Waals surface area contributed by atoms with Crippen LogP contribution in [-0.4, -0.2) is 54.4 Å². The molecule has 2 aromatic rings. The average molecular weight is 391 g/mol. The quantitative estimate of drug-likeness (QED) is 0.704. The highest BCUT2D eigenvalue weighted by Crippen LogP contribution is 2.21. The number of likely N-dealkylation sites (N-methyl/N-ethyl adjacent to an activating group) is 1. The van der Waals surface area contributed by atoms with Crippen LogP contribution in [0, 0.1) is 0 Å². The van der Waals surface area contributed by atoms with Gasteiger partial charge in [-0.2, -0.15) is 0 Å². The highest BCUT2D eigenvalue weighted by Gasteiger charge is 2.20. The fourth-order valence-corrected chi connectivity index (χ4v) is 3.37. The van der Waals surface area contributed by atoms with Gasteiger partial charge in [-0.3, -0.25) is 9.10 Å². The fourth-order valence-electron chi connectivity index (χ4n) is 2.51. The van der Waals surface area contributed by atoms with Gasteiger partial charge in [0.15, 0.2) is 0 Å². The number of rotatable bonds is 9. The third-order valence-corrected chi connectivity index (χ3v) is 5.15. The highest BCUT2D eigenvalue weighted by molar-refractivity contribution is 7.92. The zero-order chi connectivity index (χ0) is 19.9. The van der Waals surface area contributed by atoms with Gasteiger partial charge in [0.1, 0.15) is 12.3 Å². The zero-order valence-corrected chi connectivity index (χ0v) is 16.6. The van der Waals surface area contributed by atoms with E-state index < -0.39 is 10.0 Å². The number of amides is 1. The monoisotopic (exact) mass is 391 g/mol. The molecule has 146 valence electrons. The smallest absolute Gasteiger partial charge is 0.240 e. The summed E-state index contributed by atoms with van der Waals surface area (Å²) < 4.78 is 30.3. The van der Waals surface area contributed by atoms with E-state index in [9.17, 15) is 13.2 Å². The first-order valence-electron chi connectivity index (χ1n) is 8.46. The van der Waals surface area contributed by atoms with Gasteiger partial charge in [-0.1, -0.05) is 18.2 Å². The summed E-state index contributed by atoms with van der Waals surface area (Å²) in [7, 11) is -0.132. The molecule has 0 aliphatic heterocycles. The Morgan fingerprint density at radius 2 is 1.67 bits per heavy atom. The van der Waals surface area contributed by atoms with E-state index in [2.05, 4.69) is 5.32 Å². The van der Waals surface area contributed by atoms with Gasteiger partial charge in [0.25, 0.3) is 0 Å². The van der Waals surface area contributed by atoms with E-state index in [1.165, 1.54) is 7.11 Å². The Hall–Kier alpha value is -2.74. The maximum absolute atomic E-state index is 12.3. The van der Waals surface area contributed by atoms with Gasteiger partial charge >= 0.3 is 0 Å². The first-order valence-corrected chi connectivity index (χ1v) is 10.3. The maximum Gasteiger partial charge on any atom is 0.240 e. The van der Waals surface area contributed by atoms with Gasteiger partial charge in [-0.25, -0.2) is 8.42 Å². The Bertz CT molecular complexity index is 839. The Morgan fingerprint density at radius 3 is 2.22 bits per heavy atom. The van der Waals surface area contributed by atoms with Crippen LogP contribution in [0.5, 0.6) is 5.75 Å². The van der Waals surface area contributed by atoms with Gasteiger partial charge in [-0.05, 0) is 36.4 Å². The molecule has 0 aliphatic carbocycles. The van der Waals surface area contributed by atoms with Crippen LogP contribution < -0.4 is 19.3 Å². The number of anilines is 2. The average Bonchev–Trinajstić information content (AvgIpc) is 2.66. The predicted octanol–water partition coefficient (Wildman–Crippen LogP) is 1.71. The van der Waals surface area contributed by atoms with Crippen molar-refractivity contribution in [3.05, 3.63) is 54.6 Å². The Balaban J connectivity index is 1.94. The molecule has 0 spiro atoms. The summed E-state index contributed by atoms with van der Waals surface area (Å²) in [5.41, 5.74) is 1.46. The van der Waals surface area contributed by atoms with Crippen molar-refractivity contribution in [3.8, 4) is 5.75 Å². The summed E-state index contributed by atoms with van der Waals surface area (Å²) in [4.78, 5) is 14.3. The molecule has 7 nitrogen and oxygen atoms in total. The summed E-state index contributed by atoms with van der Waals surface area (Å²) in [5.74, 6) is 0.248. The topological polar surface area (TPSA) is 79.0 Å². The molecule has 0 saturated heterocycles. The van der Waals surface area contributed by atoms with Gasteiger partial charge in [0.2, 0.25) is 15.9 Å². The van der Waals surface area contributed by atoms with E-state index in [-0.39, 0.29) is 12.5 Å². The molecular formula is C19H25N3O4S. The van der Waals surface area contributed by atoms with E-state index in [1.807, 2.05) is 42.3 Å². The van der Waals surface area contributed by atoms with Gasteiger partial charge in [0, 0.05) is 25.8 Å². The second-order valence-electron chi connectivity index (χ2n) is 6.07. The number of nitrogens with zero attached hydrogens (tertiary/aromatic N) is 2. The predicted molar refractivity (Wildman–Crippen MR) is 108 cm³/mol. The molecule has 8 heteroatoms. The van der Waals surface area contributed by atoms with Crippen molar-refractivity contribution in [2.45, 2.75) is 0 Å². The summed E-state index contributed by atoms with van der Waals surface area (Å²) in [6.45, 7) is 0.738. The van der Waals surface area contributed by atoms with E-state index in [0.29, 0.717) is 24.5 Å². The minimum absolute atomic E-state index is 0.278. The lowest BCUT2D eigenvalue weighted by atomic mass is 10.3. The molecule has 2 rings (SSSR count). The molecule has 0 fully saturated rings. The molecule has 27 heavy (non-hydrogen) atoms. The lowest BCUT2D eigenvalue weighted by Crippen LogP contribution is -2.42. The van der Waals surface area contributed by atoms with E-state index >= 15 is 0 Å². The first kappa shape index (κ1) is 20.6. The molecule has 0 heterocycles. The molecule has 1 N–H and O–H groups in total. The number of hydrogen-bond acceptors (Lipinski definition) is 5. The Labute approximate surface area is 160 Å². The number of para-hydroxylation sites is 1. The largest absolute Gasteiger partial charge is 0.497 e. The molecule has 0 atom stereocenters. The maximum atomic E-state index is 12.3. The molecule has 0 saturated carbocycles. The SMILES string of the molecule is COc1ccc(N(CC(=O)NCCN(C)c2ccccc2)S(C)(=O)=O)cc1. The van der Waals surface area contributed by atoms with Crippen LogP contribution in [0.15, 0.2) is 54.6 Å². The van der Waals surface area contributed by atoms with Crippen LogP contribution >= 0.6 is 0 Å². The van der Waals surface area contributed by atoms with Crippen LogP contribution in [0.25, 0.3) is 0 Å².